The molecule has 0 bridgehead atoms. The Labute approximate surface area is 103 Å². The van der Waals surface area contributed by atoms with Gasteiger partial charge in [0.2, 0.25) is 0 Å². The van der Waals surface area contributed by atoms with E-state index in [9.17, 15) is 18.3 Å². The largest absolute Gasteiger partial charge is 0.418 e. The molecule has 100 valence electrons. The van der Waals surface area contributed by atoms with Crippen molar-refractivity contribution < 1.29 is 18.3 Å². The van der Waals surface area contributed by atoms with Crippen LogP contribution < -0.4 is 11.1 Å². The second-order valence-corrected chi connectivity index (χ2v) is 4.73. The number of halogens is 3. The summed E-state index contributed by atoms with van der Waals surface area (Å²) in [6.45, 7) is 0.125. The van der Waals surface area contributed by atoms with Crippen LogP contribution in [-0.2, 0) is 6.18 Å². The summed E-state index contributed by atoms with van der Waals surface area (Å²) in [6, 6.07) is 3.59. The highest BCUT2D eigenvalue weighted by Crippen LogP contribution is 2.37. The van der Waals surface area contributed by atoms with Crippen molar-refractivity contribution in [3.8, 4) is 0 Å². The van der Waals surface area contributed by atoms with Gasteiger partial charge in [-0.25, -0.2) is 0 Å². The molecular weight excluding hydrogens is 245 g/mol. The number of anilines is 2. The van der Waals surface area contributed by atoms with Crippen LogP contribution in [0.2, 0.25) is 0 Å². The molecule has 1 fully saturated rings. The third-order valence-corrected chi connectivity index (χ3v) is 3.24. The van der Waals surface area contributed by atoms with Crippen molar-refractivity contribution in [2.75, 3.05) is 17.6 Å². The first-order chi connectivity index (χ1) is 8.30. The Bertz CT molecular complexity index is 441. The lowest BCUT2D eigenvalue weighted by molar-refractivity contribution is -0.137. The van der Waals surface area contributed by atoms with Gasteiger partial charge in [0.15, 0.2) is 0 Å². The van der Waals surface area contributed by atoms with E-state index in [-0.39, 0.29) is 17.9 Å². The normalized spacial score (nSPS) is 18.2. The van der Waals surface area contributed by atoms with Gasteiger partial charge in [-0.05, 0) is 37.5 Å². The number of rotatable bonds is 3. The molecule has 0 amide bonds. The van der Waals surface area contributed by atoms with Crippen molar-refractivity contribution in [1.82, 2.24) is 0 Å². The van der Waals surface area contributed by atoms with E-state index >= 15 is 0 Å². The quantitative estimate of drug-likeness (QED) is 0.732. The zero-order chi connectivity index (χ0) is 13.4. The van der Waals surface area contributed by atoms with Gasteiger partial charge in [0, 0.05) is 17.9 Å². The maximum atomic E-state index is 12.8. The molecule has 1 saturated carbocycles. The fourth-order valence-corrected chi connectivity index (χ4v) is 1.97. The molecule has 2 rings (SSSR count). The summed E-state index contributed by atoms with van der Waals surface area (Å²) in [7, 11) is 0. The number of aliphatic hydroxyl groups is 1. The fourth-order valence-electron chi connectivity index (χ4n) is 1.97. The second kappa shape index (κ2) is 4.35. The van der Waals surface area contributed by atoms with Gasteiger partial charge in [-0.15, -0.1) is 0 Å². The summed E-state index contributed by atoms with van der Waals surface area (Å²) in [5, 5.41) is 12.5. The van der Waals surface area contributed by atoms with Gasteiger partial charge < -0.3 is 16.2 Å². The molecule has 0 unspecified atom stereocenters. The molecule has 0 aliphatic heterocycles. The molecule has 0 saturated heterocycles. The molecule has 0 aromatic heterocycles. The van der Waals surface area contributed by atoms with Gasteiger partial charge >= 0.3 is 6.18 Å². The Morgan fingerprint density at radius 1 is 1.33 bits per heavy atom. The van der Waals surface area contributed by atoms with E-state index in [1.54, 1.807) is 0 Å². The average Bonchev–Trinajstić information content (AvgIpc) is 2.23. The maximum Gasteiger partial charge on any atom is 0.418 e. The molecule has 1 aromatic carbocycles. The summed E-state index contributed by atoms with van der Waals surface area (Å²) in [5.74, 6) is 0. The fraction of sp³-hybridized carbons (Fsp3) is 0.500. The van der Waals surface area contributed by atoms with Crippen molar-refractivity contribution in [3.63, 3.8) is 0 Å². The third-order valence-electron chi connectivity index (χ3n) is 3.24. The molecule has 0 radical (unpaired) electrons. The Kier molecular flexibility index (Phi) is 3.14. The number of hydrogen-bond donors (Lipinski definition) is 3. The second-order valence-electron chi connectivity index (χ2n) is 4.73. The smallest absolute Gasteiger partial charge is 0.399 e. The molecule has 3 nitrogen and oxygen atoms in total. The monoisotopic (exact) mass is 260 g/mol. The summed E-state index contributed by atoms with van der Waals surface area (Å²) in [4.78, 5) is 0. The molecule has 6 heteroatoms. The van der Waals surface area contributed by atoms with E-state index in [4.69, 9.17) is 5.73 Å². The highest BCUT2D eigenvalue weighted by atomic mass is 19.4. The van der Waals surface area contributed by atoms with Crippen molar-refractivity contribution in [2.24, 2.45) is 0 Å². The lowest BCUT2D eigenvalue weighted by Crippen LogP contribution is -2.43. The zero-order valence-electron chi connectivity index (χ0n) is 9.72. The molecule has 1 aromatic rings. The average molecular weight is 260 g/mol. The number of hydrogen-bond acceptors (Lipinski definition) is 3. The Hall–Kier alpha value is -1.43. The maximum absolute atomic E-state index is 12.8. The van der Waals surface area contributed by atoms with E-state index in [0.29, 0.717) is 12.8 Å². The zero-order valence-corrected chi connectivity index (χ0v) is 9.72. The number of alkyl halides is 3. The van der Waals surface area contributed by atoms with E-state index in [1.165, 1.54) is 12.1 Å². The Balaban J connectivity index is 2.16. The first-order valence-electron chi connectivity index (χ1n) is 5.73. The molecule has 18 heavy (non-hydrogen) atoms. The van der Waals surface area contributed by atoms with E-state index < -0.39 is 17.3 Å². The van der Waals surface area contributed by atoms with Crippen LogP contribution in [0.25, 0.3) is 0 Å². The number of benzene rings is 1. The number of nitrogens with one attached hydrogen (secondary N) is 1. The molecule has 1 aliphatic carbocycles. The van der Waals surface area contributed by atoms with Crippen LogP contribution in [0, 0.1) is 0 Å². The van der Waals surface area contributed by atoms with E-state index in [0.717, 1.165) is 12.5 Å². The summed E-state index contributed by atoms with van der Waals surface area (Å²) < 4.78 is 38.4. The number of nitrogen functional groups attached to an aromatic ring is 1. The van der Waals surface area contributed by atoms with Crippen molar-refractivity contribution >= 4 is 11.4 Å². The van der Waals surface area contributed by atoms with Crippen molar-refractivity contribution in [2.45, 2.75) is 31.0 Å². The van der Waals surface area contributed by atoms with Gasteiger partial charge in [-0.1, -0.05) is 0 Å². The minimum atomic E-state index is -4.46. The summed E-state index contributed by atoms with van der Waals surface area (Å²) in [6.07, 6.45) is -2.31. The Morgan fingerprint density at radius 2 is 2.00 bits per heavy atom. The molecule has 4 N–H and O–H groups in total. The van der Waals surface area contributed by atoms with Crippen LogP contribution in [-0.4, -0.2) is 17.3 Å². The highest BCUT2D eigenvalue weighted by Gasteiger charge is 2.36. The predicted octanol–water partition coefficient (Wildman–Crippen LogP) is 2.61. The summed E-state index contributed by atoms with van der Waals surface area (Å²) in [5.41, 5.74) is 3.72. The lowest BCUT2D eigenvalue weighted by Gasteiger charge is -2.37. The molecular formula is C12H15F3N2O. The topological polar surface area (TPSA) is 58.3 Å². The standard InChI is InChI=1S/C12H15F3N2O/c13-12(14,15)9-6-8(16)2-3-10(9)17-7-11(18)4-1-5-11/h2-3,6,17-18H,1,4-5,7,16H2. The van der Waals surface area contributed by atoms with E-state index in [2.05, 4.69) is 5.32 Å². The molecule has 0 spiro atoms. The van der Waals surface area contributed by atoms with Gasteiger partial charge in [0.1, 0.15) is 0 Å². The van der Waals surface area contributed by atoms with Crippen molar-refractivity contribution in [1.29, 1.82) is 0 Å². The van der Waals surface area contributed by atoms with Crippen LogP contribution in [0.5, 0.6) is 0 Å². The highest BCUT2D eigenvalue weighted by molar-refractivity contribution is 5.59. The third kappa shape index (κ3) is 2.69. The van der Waals surface area contributed by atoms with E-state index in [1.807, 2.05) is 0 Å². The first-order valence-corrected chi connectivity index (χ1v) is 5.73. The lowest BCUT2D eigenvalue weighted by atomic mass is 9.80. The minimum Gasteiger partial charge on any atom is -0.399 e. The molecule has 1 aliphatic rings. The van der Waals surface area contributed by atoms with Crippen LogP contribution >= 0.6 is 0 Å². The predicted molar refractivity (Wildman–Crippen MR) is 63.1 cm³/mol. The minimum absolute atomic E-state index is 0.0444. The van der Waals surface area contributed by atoms with Gasteiger partial charge in [-0.3, -0.25) is 0 Å². The summed E-state index contributed by atoms with van der Waals surface area (Å²) >= 11 is 0. The van der Waals surface area contributed by atoms with Crippen LogP contribution in [0.15, 0.2) is 18.2 Å². The number of nitrogens with two attached hydrogens (primary N) is 1. The van der Waals surface area contributed by atoms with Gasteiger partial charge in [-0.2, -0.15) is 13.2 Å². The van der Waals surface area contributed by atoms with Crippen molar-refractivity contribution in [3.05, 3.63) is 23.8 Å². The molecule has 0 atom stereocenters. The van der Waals surface area contributed by atoms with Crippen LogP contribution in [0.3, 0.4) is 0 Å². The van der Waals surface area contributed by atoms with Crippen LogP contribution in [0.1, 0.15) is 24.8 Å². The Morgan fingerprint density at radius 3 is 2.50 bits per heavy atom. The SMILES string of the molecule is Nc1ccc(NCC2(O)CCC2)c(C(F)(F)F)c1. The first kappa shape index (κ1) is 13.0. The van der Waals surface area contributed by atoms with Gasteiger partial charge in [0.05, 0.1) is 11.2 Å². The molecule has 0 heterocycles. The van der Waals surface area contributed by atoms with Crippen LogP contribution in [0.4, 0.5) is 24.5 Å². The van der Waals surface area contributed by atoms with Gasteiger partial charge in [0.25, 0.3) is 0 Å².